The Morgan fingerprint density at radius 1 is 1.25 bits per heavy atom. The largest absolute Gasteiger partial charge is 0.434 e. The van der Waals surface area contributed by atoms with Crippen molar-refractivity contribution in [2.24, 2.45) is 0 Å². The van der Waals surface area contributed by atoms with Crippen LogP contribution in [0.4, 0.5) is 18.9 Å². The summed E-state index contributed by atoms with van der Waals surface area (Å²) in [5.41, 5.74) is 0.786. The minimum atomic E-state index is -4.64. The van der Waals surface area contributed by atoms with Gasteiger partial charge in [0.05, 0.1) is 23.3 Å². The molecule has 0 aliphatic rings. The van der Waals surface area contributed by atoms with Gasteiger partial charge in [-0.15, -0.1) is 0 Å². The van der Waals surface area contributed by atoms with Gasteiger partial charge in [0.15, 0.2) is 5.69 Å². The predicted molar refractivity (Wildman–Crippen MR) is 114 cm³/mol. The van der Waals surface area contributed by atoms with Crippen molar-refractivity contribution in [2.75, 3.05) is 11.9 Å². The topological polar surface area (TPSA) is 85.0 Å². The second kappa shape index (κ2) is 9.33. The van der Waals surface area contributed by atoms with E-state index in [1.54, 1.807) is 28.9 Å². The molecule has 0 bridgehead atoms. The number of rotatable bonds is 7. The highest BCUT2D eigenvalue weighted by molar-refractivity contribution is 6.30. The van der Waals surface area contributed by atoms with E-state index < -0.39 is 30.4 Å². The van der Waals surface area contributed by atoms with E-state index in [-0.39, 0.29) is 18.2 Å². The Bertz CT molecular complexity index is 1090. The van der Waals surface area contributed by atoms with Gasteiger partial charge < -0.3 is 15.0 Å². The molecule has 2 N–H and O–H groups in total. The number of alkyl halides is 3. The van der Waals surface area contributed by atoms with E-state index in [9.17, 15) is 23.1 Å². The number of benzene rings is 1. The normalized spacial score (nSPS) is 12.9. The molecule has 0 radical (unpaired) electrons. The van der Waals surface area contributed by atoms with Crippen molar-refractivity contribution < 1.29 is 23.1 Å². The number of nitrogens with one attached hydrogen (secondary N) is 1. The number of carbonyl (C=O) groups is 1. The van der Waals surface area contributed by atoms with Crippen LogP contribution in [0.5, 0.6) is 0 Å². The van der Waals surface area contributed by atoms with E-state index in [0.717, 1.165) is 16.5 Å². The van der Waals surface area contributed by atoms with Crippen molar-refractivity contribution >= 4 is 23.2 Å². The SMILES string of the molecule is Cc1nc(C(F)(F)F)cn1C(CCO)C(=O)Nc1cnn(-c2ccc(Cl)cc2)c1C(C)C. The molecule has 1 atom stereocenters. The molecule has 32 heavy (non-hydrogen) atoms. The van der Waals surface area contributed by atoms with E-state index in [4.69, 9.17) is 11.6 Å². The van der Waals surface area contributed by atoms with E-state index in [1.165, 1.54) is 13.1 Å². The van der Waals surface area contributed by atoms with E-state index in [0.29, 0.717) is 16.4 Å². The summed E-state index contributed by atoms with van der Waals surface area (Å²) in [5, 5.41) is 17.1. The molecule has 1 unspecified atom stereocenters. The van der Waals surface area contributed by atoms with Gasteiger partial charge in [0.1, 0.15) is 11.9 Å². The van der Waals surface area contributed by atoms with Gasteiger partial charge in [-0.1, -0.05) is 25.4 Å². The number of aromatic nitrogens is 4. The van der Waals surface area contributed by atoms with Gasteiger partial charge in [0.25, 0.3) is 0 Å². The number of aryl methyl sites for hydroxylation is 1. The van der Waals surface area contributed by atoms with Crippen LogP contribution >= 0.6 is 11.6 Å². The van der Waals surface area contributed by atoms with Gasteiger partial charge in [0.2, 0.25) is 5.91 Å². The maximum absolute atomic E-state index is 13.1. The van der Waals surface area contributed by atoms with E-state index in [1.807, 2.05) is 13.8 Å². The van der Waals surface area contributed by atoms with Gasteiger partial charge in [-0.05, 0) is 37.1 Å². The molecular formula is C21H23ClF3N5O2. The van der Waals surface area contributed by atoms with Crippen LogP contribution in [-0.4, -0.2) is 37.0 Å². The number of nitrogens with zero attached hydrogens (tertiary/aromatic N) is 4. The molecule has 2 heterocycles. The Labute approximate surface area is 187 Å². The number of carbonyl (C=O) groups excluding carboxylic acids is 1. The van der Waals surface area contributed by atoms with Crippen molar-refractivity contribution in [1.82, 2.24) is 19.3 Å². The summed E-state index contributed by atoms with van der Waals surface area (Å²) in [4.78, 5) is 16.6. The van der Waals surface area contributed by atoms with Crippen molar-refractivity contribution in [1.29, 1.82) is 0 Å². The molecule has 172 valence electrons. The molecule has 7 nitrogen and oxygen atoms in total. The molecule has 11 heteroatoms. The second-order valence-corrected chi connectivity index (χ2v) is 8.02. The minimum Gasteiger partial charge on any atom is -0.396 e. The lowest BCUT2D eigenvalue weighted by Gasteiger charge is -2.20. The van der Waals surface area contributed by atoms with Crippen molar-refractivity contribution in [3.63, 3.8) is 0 Å². The molecule has 3 aromatic rings. The number of hydrogen-bond donors (Lipinski definition) is 2. The molecule has 3 rings (SSSR count). The van der Waals surface area contributed by atoms with Gasteiger partial charge in [-0.3, -0.25) is 4.79 Å². The van der Waals surface area contributed by atoms with Crippen molar-refractivity contribution in [2.45, 2.75) is 45.3 Å². The average molecular weight is 470 g/mol. The molecule has 0 spiro atoms. The summed E-state index contributed by atoms with van der Waals surface area (Å²) in [6, 6.07) is 5.93. The zero-order valence-corrected chi connectivity index (χ0v) is 18.4. The quantitative estimate of drug-likeness (QED) is 0.523. The Balaban J connectivity index is 1.94. The van der Waals surface area contributed by atoms with Gasteiger partial charge in [-0.25, -0.2) is 9.67 Å². The highest BCUT2D eigenvalue weighted by Gasteiger charge is 2.36. The van der Waals surface area contributed by atoms with E-state index in [2.05, 4.69) is 15.4 Å². The first-order valence-electron chi connectivity index (χ1n) is 9.91. The fourth-order valence-corrected chi connectivity index (χ4v) is 3.60. The molecule has 0 saturated heterocycles. The van der Waals surface area contributed by atoms with Crippen LogP contribution in [0.2, 0.25) is 5.02 Å². The fraction of sp³-hybridized carbons (Fsp3) is 0.381. The second-order valence-electron chi connectivity index (χ2n) is 7.58. The monoisotopic (exact) mass is 469 g/mol. The van der Waals surface area contributed by atoms with Gasteiger partial charge in [-0.2, -0.15) is 18.3 Å². The average Bonchev–Trinajstić information content (AvgIpc) is 3.30. The molecule has 2 aromatic heterocycles. The van der Waals surface area contributed by atoms with E-state index >= 15 is 0 Å². The number of halogens is 4. The number of anilines is 1. The molecule has 0 aliphatic carbocycles. The first-order valence-corrected chi connectivity index (χ1v) is 10.3. The zero-order chi connectivity index (χ0) is 23.6. The highest BCUT2D eigenvalue weighted by atomic mass is 35.5. The van der Waals surface area contributed by atoms with Crippen LogP contribution in [0.3, 0.4) is 0 Å². The smallest absolute Gasteiger partial charge is 0.396 e. The summed E-state index contributed by atoms with van der Waals surface area (Å²) in [6.45, 7) is 4.85. The standard InChI is InChI=1S/C21H23ClF3N5O2/c1-12(2)19-16(10-26-30(19)15-6-4-14(22)5-7-15)28-20(32)17(8-9-31)29-11-18(21(23,24)25)27-13(29)3/h4-7,10-12,17,31H,8-9H2,1-3H3,(H,28,32). The Kier molecular flexibility index (Phi) is 6.94. The molecular weight excluding hydrogens is 447 g/mol. The van der Waals surface area contributed by atoms with Gasteiger partial charge in [0, 0.05) is 24.2 Å². The Morgan fingerprint density at radius 3 is 2.44 bits per heavy atom. The first kappa shape index (κ1) is 23.8. The summed E-state index contributed by atoms with van der Waals surface area (Å²) < 4.78 is 42.0. The summed E-state index contributed by atoms with van der Waals surface area (Å²) in [5.74, 6) is -0.593. The Hall–Kier alpha value is -2.85. The highest BCUT2D eigenvalue weighted by Crippen LogP contribution is 2.31. The minimum absolute atomic E-state index is 0.0202. The summed E-state index contributed by atoms with van der Waals surface area (Å²) >= 11 is 5.96. The first-order chi connectivity index (χ1) is 15.0. The van der Waals surface area contributed by atoms with Gasteiger partial charge >= 0.3 is 6.18 Å². The maximum Gasteiger partial charge on any atom is 0.434 e. The third-order valence-corrected chi connectivity index (χ3v) is 5.18. The number of imidazole rings is 1. The van der Waals surface area contributed by atoms with Crippen LogP contribution in [0.25, 0.3) is 5.69 Å². The summed E-state index contributed by atoms with van der Waals surface area (Å²) in [7, 11) is 0. The van der Waals surface area contributed by atoms with Crippen LogP contribution in [0, 0.1) is 6.92 Å². The predicted octanol–water partition coefficient (Wildman–Crippen LogP) is 4.74. The number of amides is 1. The fourth-order valence-electron chi connectivity index (χ4n) is 3.47. The van der Waals surface area contributed by atoms with Crippen molar-refractivity contribution in [3.05, 3.63) is 58.9 Å². The van der Waals surface area contributed by atoms with Crippen LogP contribution in [0.15, 0.2) is 36.7 Å². The summed E-state index contributed by atoms with van der Waals surface area (Å²) in [6.07, 6.45) is -2.45. The number of aliphatic hydroxyl groups is 1. The third kappa shape index (κ3) is 4.97. The molecule has 0 fully saturated rings. The lowest BCUT2D eigenvalue weighted by Crippen LogP contribution is -2.28. The van der Waals surface area contributed by atoms with Crippen molar-refractivity contribution in [3.8, 4) is 5.69 Å². The lowest BCUT2D eigenvalue weighted by molar-refractivity contribution is -0.141. The maximum atomic E-state index is 13.1. The van der Waals surface area contributed by atoms with Crippen LogP contribution < -0.4 is 5.32 Å². The number of aliphatic hydroxyl groups excluding tert-OH is 1. The number of hydrogen-bond acceptors (Lipinski definition) is 4. The molecule has 0 aliphatic heterocycles. The molecule has 1 aromatic carbocycles. The molecule has 0 saturated carbocycles. The lowest BCUT2D eigenvalue weighted by atomic mass is 10.1. The molecule has 1 amide bonds. The Morgan fingerprint density at radius 2 is 1.91 bits per heavy atom. The van der Waals surface area contributed by atoms with Crippen LogP contribution in [0.1, 0.15) is 49.4 Å². The zero-order valence-electron chi connectivity index (χ0n) is 17.7. The third-order valence-electron chi connectivity index (χ3n) is 4.93. The van der Waals surface area contributed by atoms with Crippen LogP contribution in [-0.2, 0) is 11.0 Å².